The molecule has 110 valence electrons. The van der Waals surface area contributed by atoms with E-state index >= 15 is 0 Å². The molecule has 1 saturated carbocycles. The second kappa shape index (κ2) is 7.25. The zero-order valence-corrected chi connectivity index (χ0v) is 12.4. The van der Waals surface area contributed by atoms with Crippen molar-refractivity contribution in [2.24, 2.45) is 0 Å². The maximum absolute atomic E-state index is 11.8. The van der Waals surface area contributed by atoms with Crippen molar-refractivity contribution >= 4 is 5.97 Å². The van der Waals surface area contributed by atoms with Gasteiger partial charge < -0.3 is 15.0 Å². The minimum absolute atomic E-state index is 0.100. The van der Waals surface area contributed by atoms with Crippen molar-refractivity contribution in [3.05, 3.63) is 0 Å². The highest BCUT2D eigenvalue weighted by molar-refractivity contribution is 5.75. The van der Waals surface area contributed by atoms with Gasteiger partial charge in [0.15, 0.2) is 0 Å². The average Bonchev–Trinajstić information content (AvgIpc) is 3.26. The predicted molar refractivity (Wildman–Crippen MR) is 76.1 cm³/mol. The third-order valence-corrected chi connectivity index (χ3v) is 4.43. The van der Waals surface area contributed by atoms with Gasteiger partial charge in [-0.25, -0.2) is 0 Å². The number of hydrogen-bond acceptors (Lipinski definition) is 4. The Bertz CT molecular complexity index is 292. The molecule has 2 atom stereocenters. The van der Waals surface area contributed by atoms with Gasteiger partial charge in [0.2, 0.25) is 0 Å². The van der Waals surface area contributed by atoms with Crippen LogP contribution < -0.4 is 5.32 Å². The number of ether oxygens (including phenoxy) is 1. The summed E-state index contributed by atoms with van der Waals surface area (Å²) in [6.45, 7) is 4.47. The van der Waals surface area contributed by atoms with E-state index in [1.54, 1.807) is 0 Å². The van der Waals surface area contributed by atoms with Crippen molar-refractivity contribution in [3.63, 3.8) is 0 Å². The SMILES string of the molecule is CCC1CCCCN1CCC(NC1CC1)C(=O)OC. The van der Waals surface area contributed by atoms with Gasteiger partial charge in [0, 0.05) is 18.6 Å². The van der Waals surface area contributed by atoms with Crippen molar-refractivity contribution in [2.75, 3.05) is 20.2 Å². The monoisotopic (exact) mass is 268 g/mol. The fourth-order valence-corrected chi connectivity index (χ4v) is 3.06. The molecule has 0 radical (unpaired) electrons. The van der Waals surface area contributed by atoms with Crippen molar-refractivity contribution < 1.29 is 9.53 Å². The molecule has 1 N–H and O–H groups in total. The molecule has 1 heterocycles. The number of rotatable bonds is 7. The average molecular weight is 268 g/mol. The third kappa shape index (κ3) is 4.46. The molecule has 0 bridgehead atoms. The van der Waals surface area contributed by atoms with Crippen LogP contribution in [0.3, 0.4) is 0 Å². The normalized spacial score (nSPS) is 26.1. The van der Waals surface area contributed by atoms with Gasteiger partial charge in [-0.2, -0.15) is 0 Å². The number of nitrogens with one attached hydrogen (secondary N) is 1. The molecule has 0 aromatic carbocycles. The van der Waals surface area contributed by atoms with E-state index in [1.165, 1.54) is 52.2 Å². The largest absolute Gasteiger partial charge is 0.468 e. The molecule has 2 rings (SSSR count). The lowest BCUT2D eigenvalue weighted by Crippen LogP contribution is -2.45. The summed E-state index contributed by atoms with van der Waals surface area (Å²) in [5.41, 5.74) is 0. The first-order valence-corrected chi connectivity index (χ1v) is 7.82. The Morgan fingerprint density at radius 1 is 1.37 bits per heavy atom. The van der Waals surface area contributed by atoms with Crippen LogP contribution in [0.15, 0.2) is 0 Å². The summed E-state index contributed by atoms with van der Waals surface area (Å²) < 4.78 is 4.91. The van der Waals surface area contributed by atoms with Gasteiger partial charge in [0.1, 0.15) is 6.04 Å². The van der Waals surface area contributed by atoms with Gasteiger partial charge in [0.25, 0.3) is 0 Å². The number of nitrogens with zero attached hydrogens (tertiary/aromatic N) is 1. The fourth-order valence-electron chi connectivity index (χ4n) is 3.06. The van der Waals surface area contributed by atoms with E-state index in [1.807, 2.05) is 0 Å². The number of likely N-dealkylation sites (tertiary alicyclic amines) is 1. The minimum Gasteiger partial charge on any atom is -0.468 e. The minimum atomic E-state index is -0.114. The summed E-state index contributed by atoms with van der Waals surface area (Å²) in [7, 11) is 1.49. The summed E-state index contributed by atoms with van der Waals surface area (Å²) in [5.74, 6) is -0.100. The molecule has 19 heavy (non-hydrogen) atoms. The van der Waals surface area contributed by atoms with Crippen LogP contribution in [0, 0.1) is 0 Å². The lowest BCUT2D eigenvalue weighted by Gasteiger charge is -2.35. The van der Waals surface area contributed by atoms with Crippen molar-refractivity contribution in [3.8, 4) is 0 Å². The van der Waals surface area contributed by atoms with Gasteiger partial charge in [-0.15, -0.1) is 0 Å². The molecule has 0 aromatic heterocycles. The molecule has 1 aliphatic heterocycles. The van der Waals surface area contributed by atoms with E-state index in [9.17, 15) is 4.79 Å². The van der Waals surface area contributed by atoms with Crippen molar-refractivity contribution in [2.45, 2.75) is 70.0 Å². The van der Waals surface area contributed by atoms with Crippen LogP contribution in [0.4, 0.5) is 0 Å². The molecule has 0 amide bonds. The number of methoxy groups -OCH3 is 1. The second-order valence-corrected chi connectivity index (χ2v) is 5.90. The van der Waals surface area contributed by atoms with Gasteiger partial charge >= 0.3 is 5.97 Å². The van der Waals surface area contributed by atoms with E-state index < -0.39 is 0 Å². The van der Waals surface area contributed by atoms with Crippen LogP contribution >= 0.6 is 0 Å². The first kappa shape index (κ1) is 14.8. The van der Waals surface area contributed by atoms with Crippen LogP contribution in [0.5, 0.6) is 0 Å². The predicted octanol–water partition coefficient (Wildman–Crippen LogP) is 1.93. The van der Waals surface area contributed by atoms with Crippen LogP contribution in [0.25, 0.3) is 0 Å². The number of carbonyl (C=O) groups excluding carboxylic acids is 1. The Kier molecular flexibility index (Phi) is 5.64. The maximum atomic E-state index is 11.8. The van der Waals surface area contributed by atoms with Gasteiger partial charge in [-0.05, 0) is 45.1 Å². The number of carbonyl (C=O) groups is 1. The Morgan fingerprint density at radius 3 is 2.79 bits per heavy atom. The van der Waals surface area contributed by atoms with Crippen LogP contribution in [-0.4, -0.2) is 49.2 Å². The summed E-state index contributed by atoms with van der Waals surface area (Å²) in [6, 6.07) is 1.15. The molecule has 0 spiro atoms. The zero-order chi connectivity index (χ0) is 13.7. The van der Waals surface area contributed by atoms with E-state index in [2.05, 4.69) is 17.1 Å². The summed E-state index contributed by atoms with van der Waals surface area (Å²) >= 11 is 0. The summed E-state index contributed by atoms with van der Waals surface area (Å²) in [4.78, 5) is 14.4. The molecule has 4 nitrogen and oxygen atoms in total. The molecule has 1 saturated heterocycles. The molecule has 0 aromatic rings. The Balaban J connectivity index is 1.80. The standard InChI is InChI=1S/C15H28N2O2/c1-3-13-6-4-5-10-17(13)11-9-14(15(18)19-2)16-12-7-8-12/h12-14,16H,3-11H2,1-2H3. The number of esters is 1. The highest BCUT2D eigenvalue weighted by Gasteiger charge is 2.30. The van der Waals surface area contributed by atoms with Crippen LogP contribution in [-0.2, 0) is 9.53 Å². The molecule has 4 heteroatoms. The van der Waals surface area contributed by atoms with E-state index in [0.29, 0.717) is 12.1 Å². The smallest absolute Gasteiger partial charge is 0.322 e. The van der Waals surface area contributed by atoms with Gasteiger partial charge in [-0.1, -0.05) is 13.3 Å². The van der Waals surface area contributed by atoms with Gasteiger partial charge in [-0.3, -0.25) is 4.79 Å². The first-order valence-electron chi connectivity index (χ1n) is 7.82. The van der Waals surface area contributed by atoms with Crippen LogP contribution in [0.2, 0.25) is 0 Å². The molecule has 1 aliphatic carbocycles. The Labute approximate surface area is 116 Å². The van der Waals surface area contributed by atoms with Gasteiger partial charge in [0.05, 0.1) is 7.11 Å². The quantitative estimate of drug-likeness (QED) is 0.716. The highest BCUT2D eigenvalue weighted by atomic mass is 16.5. The van der Waals surface area contributed by atoms with E-state index in [-0.39, 0.29) is 12.0 Å². The Morgan fingerprint density at radius 2 is 2.16 bits per heavy atom. The topological polar surface area (TPSA) is 41.6 Å². The molecule has 2 unspecified atom stereocenters. The number of hydrogen-bond donors (Lipinski definition) is 1. The first-order chi connectivity index (χ1) is 9.24. The fraction of sp³-hybridized carbons (Fsp3) is 0.933. The van der Waals surface area contributed by atoms with E-state index in [0.717, 1.165) is 13.0 Å². The molecule has 2 aliphatic rings. The number of piperidine rings is 1. The van der Waals surface area contributed by atoms with Crippen LogP contribution in [0.1, 0.15) is 51.9 Å². The lowest BCUT2D eigenvalue weighted by atomic mass is 9.99. The Hall–Kier alpha value is -0.610. The highest BCUT2D eigenvalue weighted by Crippen LogP contribution is 2.22. The summed E-state index contributed by atoms with van der Waals surface area (Å²) in [6.07, 6.45) is 8.48. The maximum Gasteiger partial charge on any atom is 0.322 e. The van der Waals surface area contributed by atoms with E-state index in [4.69, 9.17) is 4.74 Å². The zero-order valence-electron chi connectivity index (χ0n) is 12.4. The lowest BCUT2D eigenvalue weighted by molar-refractivity contribution is -0.143. The molecular weight excluding hydrogens is 240 g/mol. The summed E-state index contributed by atoms with van der Waals surface area (Å²) in [5, 5.41) is 3.41. The molecule has 2 fully saturated rings. The van der Waals surface area contributed by atoms with Crippen molar-refractivity contribution in [1.82, 2.24) is 10.2 Å². The molecular formula is C15H28N2O2. The van der Waals surface area contributed by atoms with Crippen molar-refractivity contribution in [1.29, 1.82) is 0 Å². The third-order valence-electron chi connectivity index (χ3n) is 4.43. The second-order valence-electron chi connectivity index (χ2n) is 5.90.